The van der Waals surface area contributed by atoms with Crippen molar-refractivity contribution in [3.05, 3.63) is 53.3 Å². The molecule has 3 atom stereocenters. The highest BCUT2D eigenvalue weighted by molar-refractivity contribution is 5.99. The van der Waals surface area contributed by atoms with E-state index in [1.807, 2.05) is 0 Å². The van der Waals surface area contributed by atoms with Crippen molar-refractivity contribution in [2.24, 2.45) is 4.99 Å². The number of rotatable bonds is 8. The third-order valence-corrected chi connectivity index (χ3v) is 5.26. The highest BCUT2D eigenvalue weighted by Crippen LogP contribution is 2.27. The third kappa shape index (κ3) is 7.37. The Bertz CT molecular complexity index is 1160. The molecule has 7 N–H and O–H groups in total. The van der Waals surface area contributed by atoms with Crippen LogP contribution in [-0.4, -0.2) is 76.0 Å². The standard InChI is InChI=1S/C23H27FN6O6/c1-12-2-3-18(31)15(4-12)17(6-21(34)35)30-20(33)11-26-22(36)13-5-14(8-25-7-13)29-23-27-9-16(24)19(32)10-28-23/h2-5,7-8,16-17,19,31-32H,6,9-11H2,1H3,(H,26,36)(H,30,33)(H,34,35)(H2,27,28,29). The molecular weight excluding hydrogens is 475 g/mol. The average molecular weight is 503 g/mol. The van der Waals surface area contributed by atoms with Gasteiger partial charge in [-0.25, -0.2) is 4.39 Å². The van der Waals surface area contributed by atoms with Crippen LogP contribution in [0, 0.1) is 6.92 Å². The zero-order valence-corrected chi connectivity index (χ0v) is 19.4. The van der Waals surface area contributed by atoms with Gasteiger partial charge in [-0.15, -0.1) is 0 Å². The number of phenols is 1. The number of nitrogens with one attached hydrogen (secondary N) is 4. The normalized spacial score (nSPS) is 18.1. The molecule has 3 rings (SSSR count). The van der Waals surface area contributed by atoms with Crippen molar-refractivity contribution in [1.82, 2.24) is 20.9 Å². The Morgan fingerprint density at radius 3 is 2.78 bits per heavy atom. The first-order valence-electron chi connectivity index (χ1n) is 11.0. The van der Waals surface area contributed by atoms with Gasteiger partial charge < -0.3 is 36.6 Å². The molecule has 0 saturated carbocycles. The number of pyridine rings is 1. The maximum Gasteiger partial charge on any atom is 0.305 e. The summed E-state index contributed by atoms with van der Waals surface area (Å²) in [6.45, 7) is 1.03. The minimum atomic E-state index is -1.47. The van der Waals surface area contributed by atoms with Crippen molar-refractivity contribution in [3.8, 4) is 5.75 Å². The first-order valence-corrected chi connectivity index (χ1v) is 11.0. The molecular formula is C23H27FN6O6. The van der Waals surface area contributed by atoms with Gasteiger partial charge in [0.05, 0.1) is 49.5 Å². The first-order chi connectivity index (χ1) is 17.1. The molecule has 3 unspecified atom stereocenters. The van der Waals surface area contributed by atoms with Crippen LogP contribution in [0.3, 0.4) is 0 Å². The Balaban J connectivity index is 1.60. The summed E-state index contributed by atoms with van der Waals surface area (Å²) in [6, 6.07) is 5.08. The number of aromatic nitrogens is 1. The minimum absolute atomic E-state index is 0.115. The van der Waals surface area contributed by atoms with Crippen molar-refractivity contribution in [2.45, 2.75) is 31.7 Å². The predicted molar refractivity (Wildman–Crippen MR) is 127 cm³/mol. The number of hydrogen-bond acceptors (Lipinski definition) is 9. The van der Waals surface area contributed by atoms with E-state index in [1.54, 1.807) is 19.1 Å². The van der Waals surface area contributed by atoms with Gasteiger partial charge in [-0.2, -0.15) is 0 Å². The minimum Gasteiger partial charge on any atom is -0.508 e. The van der Waals surface area contributed by atoms with E-state index in [0.29, 0.717) is 5.69 Å². The van der Waals surface area contributed by atoms with E-state index in [0.717, 1.165) is 5.56 Å². The third-order valence-electron chi connectivity index (χ3n) is 5.26. The Morgan fingerprint density at radius 2 is 2.03 bits per heavy atom. The van der Waals surface area contributed by atoms with Crippen molar-refractivity contribution in [3.63, 3.8) is 0 Å². The van der Waals surface area contributed by atoms with Crippen LogP contribution in [0.15, 0.2) is 41.7 Å². The summed E-state index contributed by atoms with van der Waals surface area (Å²) in [5.74, 6) is -2.41. The van der Waals surface area contributed by atoms with Gasteiger partial charge in [-0.3, -0.25) is 24.4 Å². The molecule has 2 aromatic rings. The number of aromatic hydroxyl groups is 1. The number of phenolic OH excluding ortho intramolecular Hbond substituents is 1. The number of amides is 2. The predicted octanol–water partition coefficient (Wildman–Crippen LogP) is 0.228. The molecule has 1 aromatic carbocycles. The van der Waals surface area contributed by atoms with Crippen LogP contribution < -0.4 is 21.3 Å². The number of alkyl halides is 1. The quantitative estimate of drug-likeness (QED) is 0.265. The van der Waals surface area contributed by atoms with Crippen molar-refractivity contribution >= 4 is 29.4 Å². The SMILES string of the molecule is Cc1ccc(O)c(C(CC(=O)O)NC(=O)CNC(=O)c2cncc(NC3=NCC(O)C(F)CN3)c2)c1. The summed E-state index contributed by atoms with van der Waals surface area (Å²) < 4.78 is 13.6. The Morgan fingerprint density at radius 1 is 1.25 bits per heavy atom. The van der Waals surface area contributed by atoms with Gasteiger partial charge >= 0.3 is 5.97 Å². The molecule has 13 heteroatoms. The topological polar surface area (TPSA) is 185 Å². The number of carbonyl (C=O) groups is 3. The Labute approximate surface area is 205 Å². The highest BCUT2D eigenvalue weighted by Gasteiger charge is 2.23. The molecule has 36 heavy (non-hydrogen) atoms. The number of carboxylic acids is 1. The first kappa shape index (κ1) is 26.3. The molecule has 0 bridgehead atoms. The van der Waals surface area contributed by atoms with Crippen LogP contribution in [0.1, 0.15) is 33.9 Å². The molecule has 1 aliphatic heterocycles. The number of carbonyl (C=O) groups excluding carboxylic acids is 2. The lowest BCUT2D eigenvalue weighted by molar-refractivity contribution is -0.137. The number of nitrogens with zero attached hydrogens (tertiary/aromatic N) is 2. The second kappa shape index (κ2) is 11.9. The summed E-state index contributed by atoms with van der Waals surface area (Å²) in [5, 5.41) is 39.4. The van der Waals surface area contributed by atoms with Crippen LogP contribution in [0.2, 0.25) is 0 Å². The summed E-state index contributed by atoms with van der Waals surface area (Å²) in [6.07, 6.45) is -0.471. The van der Waals surface area contributed by atoms with E-state index in [9.17, 15) is 34.1 Å². The zero-order chi connectivity index (χ0) is 26.2. The van der Waals surface area contributed by atoms with Crippen molar-refractivity contribution in [1.29, 1.82) is 0 Å². The van der Waals surface area contributed by atoms with E-state index >= 15 is 0 Å². The van der Waals surface area contributed by atoms with E-state index in [1.165, 1.54) is 24.5 Å². The van der Waals surface area contributed by atoms with Gasteiger partial charge in [0.1, 0.15) is 18.0 Å². The fourth-order valence-corrected chi connectivity index (χ4v) is 3.41. The molecule has 0 aliphatic carbocycles. The van der Waals surface area contributed by atoms with E-state index in [2.05, 4.69) is 31.2 Å². The number of carboxylic acid groups (broad SMARTS) is 1. The maximum absolute atomic E-state index is 13.6. The van der Waals surface area contributed by atoms with E-state index in [-0.39, 0.29) is 35.9 Å². The van der Waals surface area contributed by atoms with E-state index < -0.39 is 49.1 Å². The molecule has 0 fully saturated rings. The molecule has 1 aliphatic rings. The molecule has 2 amide bonds. The van der Waals surface area contributed by atoms with Crippen molar-refractivity contribution < 1.29 is 34.1 Å². The summed E-state index contributed by atoms with van der Waals surface area (Å²) >= 11 is 0. The fourth-order valence-electron chi connectivity index (χ4n) is 3.41. The molecule has 2 heterocycles. The number of halogens is 1. The fraction of sp³-hybridized carbons (Fsp3) is 0.348. The summed E-state index contributed by atoms with van der Waals surface area (Å²) in [7, 11) is 0. The molecule has 0 radical (unpaired) electrons. The highest BCUT2D eigenvalue weighted by atomic mass is 19.1. The molecule has 1 aromatic heterocycles. The number of benzene rings is 1. The van der Waals surface area contributed by atoms with Crippen LogP contribution >= 0.6 is 0 Å². The Kier molecular flexibility index (Phi) is 8.73. The number of guanidine groups is 1. The summed E-state index contributed by atoms with van der Waals surface area (Å²) in [5.41, 5.74) is 1.50. The van der Waals surface area contributed by atoms with Crippen LogP contribution in [0.5, 0.6) is 5.75 Å². The number of aliphatic hydroxyl groups excluding tert-OH is 1. The zero-order valence-electron chi connectivity index (χ0n) is 19.4. The molecule has 12 nitrogen and oxygen atoms in total. The lowest BCUT2D eigenvalue weighted by Crippen LogP contribution is -2.39. The van der Waals surface area contributed by atoms with E-state index in [4.69, 9.17) is 0 Å². The lowest BCUT2D eigenvalue weighted by Gasteiger charge is -2.19. The largest absolute Gasteiger partial charge is 0.508 e. The molecule has 0 saturated heterocycles. The second-order valence-corrected chi connectivity index (χ2v) is 8.20. The average Bonchev–Trinajstić information content (AvgIpc) is 2.99. The smallest absolute Gasteiger partial charge is 0.305 e. The van der Waals surface area contributed by atoms with Gasteiger partial charge in [0.2, 0.25) is 5.91 Å². The van der Waals surface area contributed by atoms with Gasteiger partial charge in [0.15, 0.2) is 5.96 Å². The number of aliphatic hydroxyl groups is 1. The van der Waals surface area contributed by atoms with Crippen molar-refractivity contribution in [2.75, 3.05) is 25.0 Å². The van der Waals surface area contributed by atoms with Gasteiger partial charge in [0, 0.05) is 11.8 Å². The maximum atomic E-state index is 13.6. The van der Waals surface area contributed by atoms with Gasteiger partial charge in [-0.05, 0) is 19.1 Å². The van der Waals surface area contributed by atoms with Gasteiger partial charge in [0.25, 0.3) is 5.91 Å². The lowest BCUT2D eigenvalue weighted by atomic mass is 10.0. The monoisotopic (exact) mass is 502 g/mol. The number of hydrogen-bond donors (Lipinski definition) is 7. The van der Waals surface area contributed by atoms with Gasteiger partial charge in [-0.1, -0.05) is 17.7 Å². The second-order valence-electron chi connectivity index (χ2n) is 8.20. The molecule has 0 spiro atoms. The van der Waals surface area contributed by atoms with Crippen LogP contribution in [0.4, 0.5) is 10.1 Å². The number of aliphatic imine (C=N–C) groups is 1. The van der Waals surface area contributed by atoms with Crippen LogP contribution in [-0.2, 0) is 9.59 Å². The Hall–Kier alpha value is -4.26. The number of aryl methyl sites for hydroxylation is 1. The van der Waals surface area contributed by atoms with Crippen LogP contribution in [0.25, 0.3) is 0 Å². The number of aliphatic carboxylic acids is 1. The number of anilines is 1. The molecule has 192 valence electrons. The summed E-state index contributed by atoms with van der Waals surface area (Å²) in [4.78, 5) is 44.3.